The first kappa shape index (κ1) is 33.4. The Morgan fingerprint density at radius 3 is 2.05 bits per heavy atom. The Labute approximate surface area is 248 Å². The number of alkyl carbamates (subject to hydrolysis) is 1. The van der Waals surface area contributed by atoms with Crippen molar-refractivity contribution in [3.8, 4) is 16.9 Å². The first-order valence-electron chi connectivity index (χ1n) is 13.2. The van der Waals surface area contributed by atoms with Crippen LogP contribution in [0, 0.1) is 6.92 Å². The van der Waals surface area contributed by atoms with Gasteiger partial charge in [0.05, 0.1) is 11.4 Å². The van der Waals surface area contributed by atoms with E-state index >= 15 is 0 Å². The van der Waals surface area contributed by atoms with Gasteiger partial charge in [-0.1, -0.05) is 29.8 Å². The van der Waals surface area contributed by atoms with Gasteiger partial charge in [0.15, 0.2) is 5.69 Å². The number of nitrogens with one attached hydrogen (secondary N) is 1. The van der Waals surface area contributed by atoms with Gasteiger partial charge >= 0.3 is 28.5 Å². The molecule has 0 bridgehead atoms. The van der Waals surface area contributed by atoms with E-state index in [4.69, 9.17) is 8.92 Å². The number of hydrogen-bond donors (Lipinski definition) is 1. The molecule has 3 rings (SSSR count). The van der Waals surface area contributed by atoms with Crippen LogP contribution in [0.5, 0.6) is 0 Å². The molecule has 3 aromatic rings. The lowest BCUT2D eigenvalue weighted by Gasteiger charge is -2.34. The fourth-order valence-corrected chi connectivity index (χ4v) is 4.72. The molecule has 2 amide bonds. The number of carbonyl (C=O) groups excluding carboxylic acids is 2. The molecule has 0 saturated heterocycles. The van der Waals surface area contributed by atoms with E-state index in [9.17, 15) is 31.2 Å². The summed E-state index contributed by atoms with van der Waals surface area (Å²) in [6, 6.07) is 12.5. The lowest BCUT2D eigenvalue weighted by molar-refractivity contribution is -0.141. The van der Waals surface area contributed by atoms with Gasteiger partial charge in [0.2, 0.25) is 0 Å². The van der Waals surface area contributed by atoms with E-state index in [1.54, 1.807) is 65.8 Å². The second kappa shape index (κ2) is 12.3. The third-order valence-corrected chi connectivity index (χ3v) is 7.14. The van der Waals surface area contributed by atoms with Crippen LogP contribution in [-0.2, 0) is 25.2 Å². The second-order valence-corrected chi connectivity index (χ2v) is 13.3. The highest BCUT2D eigenvalue weighted by atomic mass is 32.2. The Morgan fingerprint density at radius 1 is 0.953 bits per heavy atom. The molecule has 0 aliphatic rings. The lowest BCUT2D eigenvalue weighted by Crippen LogP contribution is -2.50. The summed E-state index contributed by atoms with van der Waals surface area (Å²) >= 11 is 0. The Morgan fingerprint density at radius 2 is 1.53 bits per heavy atom. The van der Waals surface area contributed by atoms with Gasteiger partial charge in [-0.2, -0.15) is 26.7 Å². The van der Waals surface area contributed by atoms with Crippen LogP contribution in [0.3, 0.4) is 0 Å². The highest BCUT2D eigenvalue weighted by Gasteiger charge is 2.36. The quantitative estimate of drug-likeness (QED) is 0.306. The normalized spacial score (nSPS) is 12.5. The molecular weight excluding hydrogens is 589 g/mol. The van der Waals surface area contributed by atoms with Crippen LogP contribution in [0.1, 0.15) is 52.8 Å². The van der Waals surface area contributed by atoms with Gasteiger partial charge in [0.1, 0.15) is 10.5 Å². The van der Waals surface area contributed by atoms with E-state index in [0.717, 1.165) is 33.3 Å². The van der Waals surface area contributed by atoms with Crippen molar-refractivity contribution in [1.82, 2.24) is 20.0 Å². The van der Waals surface area contributed by atoms with Crippen molar-refractivity contribution in [3.63, 3.8) is 0 Å². The van der Waals surface area contributed by atoms with Crippen molar-refractivity contribution in [3.05, 3.63) is 65.9 Å². The zero-order chi connectivity index (χ0) is 32.4. The van der Waals surface area contributed by atoms with E-state index in [1.165, 1.54) is 12.1 Å². The summed E-state index contributed by atoms with van der Waals surface area (Å²) in [5.41, 5.74) is -1.03. The van der Waals surface area contributed by atoms with E-state index in [2.05, 4.69) is 10.4 Å². The van der Waals surface area contributed by atoms with Gasteiger partial charge in [-0.15, -0.1) is 0 Å². The molecule has 0 aliphatic heterocycles. The van der Waals surface area contributed by atoms with Gasteiger partial charge in [-0.3, -0.25) is 0 Å². The van der Waals surface area contributed by atoms with Crippen molar-refractivity contribution < 1.29 is 40.1 Å². The zero-order valence-corrected chi connectivity index (χ0v) is 25.8. The van der Waals surface area contributed by atoms with Crippen LogP contribution >= 0.6 is 0 Å². The number of aromatic nitrogens is 2. The van der Waals surface area contributed by atoms with Crippen LogP contribution in [0.2, 0.25) is 0 Å². The third kappa shape index (κ3) is 8.96. The van der Waals surface area contributed by atoms with E-state index in [-0.39, 0.29) is 24.5 Å². The molecule has 1 heterocycles. The summed E-state index contributed by atoms with van der Waals surface area (Å²) in [5, 5.41) is 6.22. The first-order chi connectivity index (χ1) is 19.7. The van der Waals surface area contributed by atoms with E-state index in [0.29, 0.717) is 5.56 Å². The number of amides is 2. The fraction of sp³-hybridized carbons (Fsp3) is 0.414. The number of ether oxygens (including phenoxy) is 1. The highest BCUT2D eigenvalue weighted by Crippen LogP contribution is 2.33. The van der Waals surface area contributed by atoms with Crippen LogP contribution in [0.15, 0.2) is 59.5 Å². The summed E-state index contributed by atoms with van der Waals surface area (Å²) < 4.78 is 77.6. The van der Waals surface area contributed by atoms with E-state index in [1.807, 2.05) is 6.92 Å². The molecule has 1 aromatic heterocycles. The Kier molecular flexibility index (Phi) is 9.54. The largest absolute Gasteiger partial charge is 0.444 e. The van der Waals surface area contributed by atoms with Gasteiger partial charge < -0.3 is 19.1 Å². The summed E-state index contributed by atoms with van der Waals surface area (Å²) in [6.07, 6.45) is -6.58. The molecule has 1 N–H and O–H groups in total. The standard InChI is InChI=1S/C29H35F3N4O6S/c1-19-8-10-20(11-9-19)23-18-24(29(30,31)32)34-36(23)21-12-14-22(15-13-21)43(39,40)42-26(38)35(27(2,3)4)17-16-33-25(37)41-28(5,6)7/h8-15,18H,16-17H2,1-7H3,(H,33,37). The molecule has 14 heteroatoms. The first-order valence-corrected chi connectivity index (χ1v) is 14.7. The monoisotopic (exact) mass is 624 g/mol. The summed E-state index contributed by atoms with van der Waals surface area (Å²) in [5.74, 6) is 0. The van der Waals surface area contributed by atoms with Crippen molar-refractivity contribution in [2.45, 2.75) is 70.7 Å². The average molecular weight is 625 g/mol. The maximum atomic E-state index is 13.5. The number of nitrogens with zero attached hydrogens (tertiary/aromatic N) is 3. The number of hydrogen-bond acceptors (Lipinski definition) is 7. The van der Waals surface area contributed by atoms with Crippen molar-refractivity contribution in [2.75, 3.05) is 13.1 Å². The minimum atomic E-state index is -4.70. The molecule has 0 spiro atoms. The number of halogens is 3. The smallest absolute Gasteiger partial charge is 0.435 e. The zero-order valence-electron chi connectivity index (χ0n) is 24.9. The van der Waals surface area contributed by atoms with Gasteiger partial charge in [-0.05, 0) is 78.8 Å². The van der Waals surface area contributed by atoms with Crippen molar-refractivity contribution in [2.24, 2.45) is 0 Å². The number of aryl methyl sites for hydroxylation is 1. The number of rotatable bonds is 7. The molecular formula is C29H35F3N4O6S. The number of carbonyl (C=O) groups is 2. The maximum Gasteiger partial charge on any atom is 0.435 e. The number of alkyl halides is 3. The minimum absolute atomic E-state index is 0.0386. The SMILES string of the molecule is Cc1ccc(-c2cc(C(F)(F)F)nn2-c2ccc(S(=O)(=O)OC(=O)N(CCNC(=O)OC(C)(C)C)C(C)(C)C)cc2)cc1. The second-order valence-electron chi connectivity index (χ2n) is 11.7. The topological polar surface area (TPSA) is 120 Å². The van der Waals surface area contributed by atoms with Crippen molar-refractivity contribution in [1.29, 1.82) is 0 Å². The van der Waals surface area contributed by atoms with Gasteiger partial charge in [-0.25, -0.2) is 14.3 Å². The minimum Gasteiger partial charge on any atom is -0.444 e. The Bertz CT molecular complexity index is 1550. The predicted octanol–water partition coefficient (Wildman–Crippen LogP) is 6.32. The molecule has 0 fully saturated rings. The van der Waals surface area contributed by atoms with E-state index < -0.39 is 50.2 Å². The molecule has 2 aromatic carbocycles. The van der Waals surface area contributed by atoms with Gasteiger partial charge in [0, 0.05) is 24.2 Å². The molecule has 0 unspecified atom stereocenters. The van der Waals surface area contributed by atoms with Crippen LogP contribution in [0.25, 0.3) is 16.9 Å². The summed E-state index contributed by atoms with van der Waals surface area (Å²) in [7, 11) is -4.63. The lowest BCUT2D eigenvalue weighted by atomic mass is 10.1. The Balaban J connectivity index is 1.82. The summed E-state index contributed by atoms with van der Waals surface area (Å²) in [6.45, 7) is 11.8. The number of benzene rings is 2. The molecule has 0 aliphatic carbocycles. The average Bonchev–Trinajstić information content (AvgIpc) is 3.31. The molecule has 43 heavy (non-hydrogen) atoms. The molecule has 0 atom stereocenters. The van der Waals surface area contributed by atoms with Gasteiger partial charge in [0.25, 0.3) is 0 Å². The van der Waals surface area contributed by atoms with Crippen molar-refractivity contribution >= 4 is 22.3 Å². The molecule has 0 saturated carbocycles. The van der Waals surface area contributed by atoms with Crippen LogP contribution < -0.4 is 5.32 Å². The van der Waals surface area contributed by atoms with Crippen LogP contribution in [0.4, 0.5) is 22.8 Å². The fourth-order valence-electron chi connectivity index (χ4n) is 3.87. The maximum absolute atomic E-state index is 13.5. The molecule has 234 valence electrons. The summed E-state index contributed by atoms with van der Waals surface area (Å²) in [4.78, 5) is 25.6. The Hall–Kier alpha value is -4.07. The van der Waals surface area contributed by atoms with Crippen LogP contribution in [-0.4, -0.2) is 59.5 Å². The highest BCUT2D eigenvalue weighted by molar-refractivity contribution is 7.87. The molecule has 0 radical (unpaired) electrons. The molecule has 10 nitrogen and oxygen atoms in total. The predicted molar refractivity (Wildman–Crippen MR) is 153 cm³/mol. The third-order valence-electron chi connectivity index (χ3n) is 5.93.